The van der Waals surface area contributed by atoms with E-state index in [1.165, 1.54) is 0 Å². The van der Waals surface area contributed by atoms with Gasteiger partial charge in [-0.1, -0.05) is 0 Å². The molecule has 0 bridgehead atoms. The second kappa shape index (κ2) is 2.41. The first-order chi connectivity index (χ1) is 4.93. The van der Waals surface area contributed by atoms with Gasteiger partial charge in [-0.3, -0.25) is 0 Å². The Morgan fingerprint density at radius 1 is 1.73 bits per heavy atom. The van der Waals surface area contributed by atoms with E-state index < -0.39 is 23.9 Å². The van der Waals surface area contributed by atoms with Crippen molar-refractivity contribution in [3.8, 4) is 0 Å². The highest BCUT2D eigenvalue weighted by Gasteiger charge is 2.57. The van der Waals surface area contributed by atoms with Crippen molar-refractivity contribution in [1.82, 2.24) is 0 Å². The molecule has 0 aliphatic heterocycles. The number of aliphatic carboxylic acids is 1. The van der Waals surface area contributed by atoms with Gasteiger partial charge in [-0.25, -0.2) is 13.6 Å². The summed E-state index contributed by atoms with van der Waals surface area (Å²) in [6.07, 6.45) is -2.28. The Morgan fingerprint density at radius 3 is 2.45 bits per heavy atom. The van der Waals surface area contributed by atoms with Gasteiger partial charge in [0.05, 0.1) is 0 Å². The first-order valence-electron chi connectivity index (χ1n) is 3.22. The molecular weight excluding hydrogens is 158 g/mol. The molecular formula is C6H8F2O3. The minimum absolute atomic E-state index is 0.294. The molecule has 0 heterocycles. The lowest BCUT2D eigenvalue weighted by atomic mass is 10.2. The number of aliphatic hydroxyl groups is 1. The fourth-order valence-corrected chi connectivity index (χ4v) is 0.896. The van der Waals surface area contributed by atoms with E-state index in [1.807, 2.05) is 0 Å². The summed E-state index contributed by atoms with van der Waals surface area (Å²) in [7, 11) is 0. The van der Waals surface area contributed by atoms with E-state index in [1.54, 1.807) is 0 Å². The summed E-state index contributed by atoms with van der Waals surface area (Å²) in [4.78, 5) is 9.98. The van der Waals surface area contributed by atoms with Gasteiger partial charge in [0.1, 0.15) is 0 Å². The van der Waals surface area contributed by atoms with Crippen LogP contribution in [0.25, 0.3) is 0 Å². The molecule has 2 atom stereocenters. The van der Waals surface area contributed by atoms with Gasteiger partial charge in [0.2, 0.25) is 0 Å². The number of hydrogen-bond donors (Lipinski definition) is 2. The van der Waals surface area contributed by atoms with Crippen LogP contribution in [0.5, 0.6) is 0 Å². The largest absolute Gasteiger partial charge is 0.479 e. The molecule has 5 heteroatoms. The molecule has 0 saturated heterocycles. The SMILES string of the molecule is O=C(O)C(O)CC1CC1(F)F. The quantitative estimate of drug-likeness (QED) is 0.641. The van der Waals surface area contributed by atoms with Gasteiger partial charge in [-0.05, 0) is 6.42 Å². The van der Waals surface area contributed by atoms with E-state index in [2.05, 4.69) is 0 Å². The molecule has 1 fully saturated rings. The molecule has 0 aromatic rings. The van der Waals surface area contributed by atoms with Gasteiger partial charge < -0.3 is 10.2 Å². The van der Waals surface area contributed by atoms with Crippen molar-refractivity contribution >= 4 is 5.97 Å². The van der Waals surface area contributed by atoms with Crippen molar-refractivity contribution in [1.29, 1.82) is 0 Å². The summed E-state index contributed by atoms with van der Waals surface area (Å²) in [5, 5.41) is 16.8. The summed E-state index contributed by atoms with van der Waals surface area (Å²) >= 11 is 0. The van der Waals surface area contributed by atoms with Crippen LogP contribution in [-0.4, -0.2) is 28.2 Å². The molecule has 3 nitrogen and oxygen atoms in total. The molecule has 1 aliphatic rings. The zero-order valence-corrected chi connectivity index (χ0v) is 5.63. The number of aliphatic hydroxyl groups excluding tert-OH is 1. The minimum atomic E-state index is -2.74. The van der Waals surface area contributed by atoms with Crippen LogP contribution < -0.4 is 0 Å². The van der Waals surface area contributed by atoms with E-state index in [0.717, 1.165) is 0 Å². The van der Waals surface area contributed by atoms with E-state index in [9.17, 15) is 13.6 Å². The van der Waals surface area contributed by atoms with Crippen molar-refractivity contribution in [3.05, 3.63) is 0 Å². The van der Waals surface area contributed by atoms with E-state index in [4.69, 9.17) is 10.2 Å². The number of carbonyl (C=O) groups is 1. The topological polar surface area (TPSA) is 57.5 Å². The maximum absolute atomic E-state index is 12.1. The lowest BCUT2D eigenvalue weighted by molar-refractivity contribution is -0.147. The molecule has 2 N–H and O–H groups in total. The molecule has 1 rings (SSSR count). The second-order valence-corrected chi connectivity index (χ2v) is 2.75. The third-order valence-electron chi connectivity index (χ3n) is 1.75. The third-order valence-corrected chi connectivity index (χ3v) is 1.75. The van der Waals surface area contributed by atoms with E-state index in [-0.39, 0.29) is 12.8 Å². The van der Waals surface area contributed by atoms with Gasteiger partial charge >= 0.3 is 5.97 Å². The third kappa shape index (κ3) is 1.86. The molecule has 64 valence electrons. The summed E-state index contributed by atoms with van der Waals surface area (Å²) in [5.41, 5.74) is 0. The molecule has 2 unspecified atom stereocenters. The van der Waals surface area contributed by atoms with Crippen LogP contribution in [0.2, 0.25) is 0 Å². The van der Waals surface area contributed by atoms with Crippen molar-refractivity contribution in [3.63, 3.8) is 0 Å². The molecule has 11 heavy (non-hydrogen) atoms. The molecule has 0 spiro atoms. The fraction of sp³-hybridized carbons (Fsp3) is 0.833. The van der Waals surface area contributed by atoms with Crippen LogP contribution in [0.1, 0.15) is 12.8 Å². The van der Waals surface area contributed by atoms with Gasteiger partial charge in [-0.2, -0.15) is 0 Å². The van der Waals surface area contributed by atoms with Crippen LogP contribution in [0, 0.1) is 5.92 Å². The van der Waals surface area contributed by atoms with Crippen LogP contribution in [-0.2, 0) is 4.79 Å². The van der Waals surface area contributed by atoms with Crippen molar-refractivity contribution < 1.29 is 23.8 Å². The Hall–Kier alpha value is -0.710. The van der Waals surface area contributed by atoms with Crippen LogP contribution in [0.15, 0.2) is 0 Å². The number of carboxylic acid groups (broad SMARTS) is 1. The monoisotopic (exact) mass is 166 g/mol. The first kappa shape index (κ1) is 8.39. The maximum Gasteiger partial charge on any atom is 0.332 e. The Labute approximate surface area is 61.6 Å². The standard InChI is InChI=1S/C6H8F2O3/c7-6(8)2-3(6)1-4(9)5(10)11/h3-4,9H,1-2H2,(H,10,11). The second-order valence-electron chi connectivity index (χ2n) is 2.75. The molecule has 0 amide bonds. The number of carboxylic acids is 1. The fourth-order valence-electron chi connectivity index (χ4n) is 0.896. The van der Waals surface area contributed by atoms with Gasteiger partial charge in [-0.15, -0.1) is 0 Å². The van der Waals surface area contributed by atoms with E-state index >= 15 is 0 Å². The van der Waals surface area contributed by atoms with E-state index in [0.29, 0.717) is 0 Å². The Bertz CT molecular complexity index is 181. The number of hydrogen-bond acceptors (Lipinski definition) is 2. The van der Waals surface area contributed by atoms with Crippen molar-refractivity contribution in [2.75, 3.05) is 0 Å². The van der Waals surface area contributed by atoms with Gasteiger partial charge in [0.25, 0.3) is 5.92 Å². The molecule has 0 aromatic carbocycles. The molecule has 1 saturated carbocycles. The number of rotatable bonds is 3. The predicted molar refractivity (Wildman–Crippen MR) is 31.3 cm³/mol. The van der Waals surface area contributed by atoms with Crippen LogP contribution >= 0.6 is 0 Å². The minimum Gasteiger partial charge on any atom is -0.479 e. The maximum atomic E-state index is 12.1. The molecule has 0 radical (unpaired) electrons. The summed E-state index contributed by atoms with van der Waals surface area (Å²) in [6.45, 7) is 0. The van der Waals surface area contributed by atoms with Gasteiger partial charge in [0.15, 0.2) is 6.10 Å². The summed E-state index contributed by atoms with van der Waals surface area (Å²) < 4.78 is 24.2. The van der Waals surface area contributed by atoms with Crippen molar-refractivity contribution in [2.45, 2.75) is 24.9 Å². The normalized spacial score (nSPS) is 29.5. The smallest absolute Gasteiger partial charge is 0.332 e. The Balaban J connectivity index is 2.29. The summed E-state index contributed by atoms with van der Waals surface area (Å²) in [6, 6.07) is 0. The molecule has 1 aliphatic carbocycles. The van der Waals surface area contributed by atoms with Crippen LogP contribution in [0.4, 0.5) is 8.78 Å². The highest BCUT2D eigenvalue weighted by atomic mass is 19.3. The number of alkyl halides is 2. The number of halogens is 2. The zero-order valence-electron chi connectivity index (χ0n) is 5.63. The van der Waals surface area contributed by atoms with Crippen molar-refractivity contribution in [2.24, 2.45) is 5.92 Å². The highest BCUT2D eigenvalue weighted by molar-refractivity contribution is 5.71. The first-order valence-corrected chi connectivity index (χ1v) is 3.22. The van der Waals surface area contributed by atoms with Crippen LogP contribution in [0.3, 0.4) is 0 Å². The lowest BCUT2D eigenvalue weighted by Gasteiger charge is -2.02. The highest BCUT2D eigenvalue weighted by Crippen LogP contribution is 2.51. The van der Waals surface area contributed by atoms with Gasteiger partial charge in [0, 0.05) is 12.3 Å². The Kier molecular flexibility index (Phi) is 1.83. The predicted octanol–water partition coefficient (Wildman–Crippen LogP) is 0.477. The lowest BCUT2D eigenvalue weighted by Crippen LogP contribution is -2.20. The zero-order chi connectivity index (χ0) is 8.65. The summed E-state index contributed by atoms with van der Waals surface area (Å²) in [5.74, 6) is -5.11. The average molecular weight is 166 g/mol. The average Bonchev–Trinajstić information content (AvgIpc) is 2.39. The molecule has 0 aromatic heterocycles. The Morgan fingerprint density at radius 2 is 2.18 bits per heavy atom.